The van der Waals surface area contributed by atoms with Gasteiger partial charge in [-0.3, -0.25) is 4.79 Å². The van der Waals surface area contributed by atoms with Gasteiger partial charge in [-0.25, -0.2) is 4.79 Å². The Kier molecular flexibility index (Phi) is 3.96. The minimum absolute atomic E-state index is 0.0359. The average Bonchev–Trinajstić information content (AvgIpc) is 3.34. The second-order valence-corrected chi connectivity index (χ2v) is 5.69. The van der Waals surface area contributed by atoms with Gasteiger partial charge in [0.25, 0.3) is 0 Å². The molecule has 0 aliphatic heterocycles. The van der Waals surface area contributed by atoms with Crippen molar-refractivity contribution in [3.05, 3.63) is 64.6 Å². The van der Waals surface area contributed by atoms with Gasteiger partial charge in [0, 0.05) is 19.3 Å². The van der Waals surface area contributed by atoms with Gasteiger partial charge >= 0.3 is 6.03 Å². The van der Waals surface area contributed by atoms with Gasteiger partial charge in [-0.15, -0.1) is 0 Å². The number of aromatic nitrogens is 1. The zero-order valence-corrected chi connectivity index (χ0v) is 12.5. The van der Waals surface area contributed by atoms with E-state index in [1.807, 2.05) is 30.3 Å². The summed E-state index contributed by atoms with van der Waals surface area (Å²) in [6.07, 6.45) is 3.88. The molecule has 114 valence electrons. The fourth-order valence-electron chi connectivity index (χ4n) is 2.54. The fourth-order valence-corrected chi connectivity index (χ4v) is 2.54. The van der Waals surface area contributed by atoms with Crippen molar-refractivity contribution in [3.63, 3.8) is 0 Å². The molecule has 0 radical (unpaired) electrons. The molecule has 1 aromatic carbocycles. The van der Waals surface area contributed by atoms with Crippen molar-refractivity contribution in [3.8, 4) is 0 Å². The first kappa shape index (κ1) is 14.4. The molecular weight excluding hydrogens is 278 g/mol. The molecule has 0 bridgehead atoms. The van der Waals surface area contributed by atoms with Crippen LogP contribution in [0.4, 0.5) is 10.5 Å². The highest BCUT2D eigenvalue weighted by molar-refractivity contribution is 5.89. The summed E-state index contributed by atoms with van der Waals surface area (Å²) in [5.41, 5.74) is 1.62. The number of carbonyl (C=O) groups excluding carboxylic acids is 1. The topological polar surface area (TPSA) is 63.1 Å². The van der Waals surface area contributed by atoms with E-state index in [0.717, 1.165) is 18.4 Å². The van der Waals surface area contributed by atoms with Gasteiger partial charge in [0.15, 0.2) is 0 Å². The first-order chi connectivity index (χ1) is 10.6. The number of pyridine rings is 1. The SMILES string of the molecule is Cn1cc(NC(=O)NC(c2ccccc2)C2CC2)ccc1=O. The number of amides is 2. The van der Waals surface area contributed by atoms with Crippen LogP contribution in [0.25, 0.3) is 0 Å². The summed E-state index contributed by atoms with van der Waals surface area (Å²) in [5, 5.41) is 5.82. The maximum atomic E-state index is 12.2. The number of urea groups is 1. The largest absolute Gasteiger partial charge is 0.331 e. The molecule has 1 aliphatic rings. The van der Waals surface area contributed by atoms with E-state index in [1.54, 1.807) is 19.3 Å². The molecule has 5 heteroatoms. The Morgan fingerprint density at radius 3 is 2.55 bits per heavy atom. The Morgan fingerprint density at radius 2 is 1.91 bits per heavy atom. The van der Waals surface area contributed by atoms with Crippen LogP contribution in [0.15, 0.2) is 53.5 Å². The standard InChI is InChI=1S/C17H19N3O2/c1-20-11-14(9-10-15(20)21)18-17(22)19-16(13-7-8-13)12-5-3-2-4-6-12/h2-6,9-11,13,16H,7-8H2,1H3,(H2,18,19,22). The van der Waals surface area contributed by atoms with Crippen molar-refractivity contribution < 1.29 is 4.79 Å². The highest BCUT2D eigenvalue weighted by Gasteiger charge is 2.33. The van der Waals surface area contributed by atoms with E-state index in [1.165, 1.54) is 10.6 Å². The molecule has 5 nitrogen and oxygen atoms in total. The summed E-state index contributed by atoms with van der Waals surface area (Å²) >= 11 is 0. The van der Waals surface area contributed by atoms with E-state index in [4.69, 9.17) is 0 Å². The van der Waals surface area contributed by atoms with Crippen molar-refractivity contribution in [2.75, 3.05) is 5.32 Å². The van der Waals surface area contributed by atoms with Crippen molar-refractivity contribution in [1.82, 2.24) is 9.88 Å². The number of anilines is 1. The van der Waals surface area contributed by atoms with Gasteiger partial charge in [0.2, 0.25) is 5.56 Å². The first-order valence-corrected chi connectivity index (χ1v) is 7.42. The number of hydrogen-bond donors (Lipinski definition) is 2. The van der Waals surface area contributed by atoms with Crippen molar-refractivity contribution in [1.29, 1.82) is 0 Å². The van der Waals surface area contributed by atoms with Crippen LogP contribution in [0.5, 0.6) is 0 Å². The molecular formula is C17H19N3O2. The first-order valence-electron chi connectivity index (χ1n) is 7.42. The molecule has 2 amide bonds. The van der Waals surface area contributed by atoms with E-state index < -0.39 is 0 Å². The maximum Gasteiger partial charge on any atom is 0.319 e. The highest BCUT2D eigenvalue weighted by Crippen LogP contribution is 2.40. The monoisotopic (exact) mass is 297 g/mol. The molecule has 1 unspecified atom stereocenters. The van der Waals surface area contributed by atoms with E-state index >= 15 is 0 Å². The Balaban J connectivity index is 1.69. The van der Waals surface area contributed by atoms with Crippen LogP contribution < -0.4 is 16.2 Å². The minimum atomic E-state index is -0.251. The lowest BCUT2D eigenvalue weighted by molar-refractivity contribution is 0.247. The molecule has 0 saturated heterocycles. The number of carbonyl (C=O) groups is 1. The third-order valence-corrected chi connectivity index (χ3v) is 3.88. The molecule has 1 aliphatic carbocycles. The lowest BCUT2D eigenvalue weighted by atomic mass is 10.0. The zero-order valence-electron chi connectivity index (χ0n) is 12.5. The van der Waals surface area contributed by atoms with E-state index in [0.29, 0.717) is 11.6 Å². The highest BCUT2D eigenvalue weighted by atomic mass is 16.2. The maximum absolute atomic E-state index is 12.2. The van der Waals surface area contributed by atoms with Crippen molar-refractivity contribution >= 4 is 11.7 Å². The van der Waals surface area contributed by atoms with Gasteiger partial charge < -0.3 is 15.2 Å². The lowest BCUT2D eigenvalue weighted by Crippen LogP contribution is -2.34. The van der Waals surface area contributed by atoms with E-state index in [2.05, 4.69) is 10.6 Å². The average molecular weight is 297 g/mol. The predicted molar refractivity (Wildman–Crippen MR) is 85.7 cm³/mol. The minimum Gasteiger partial charge on any atom is -0.331 e. The van der Waals surface area contributed by atoms with Crippen LogP contribution in [0, 0.1) is 5.92 Å². The van der Waals surface area contributed by atoms with Crippen LogP contribution in [-0.4, -0.2) is 10.6 Å². The Labute approximate surface area is 129 Å². The molecule has 0 spiro atoms. The third kappa shape index (κ3) is 3.36. The molecule has 3 rings (SSSR count). The lowest BCUT2D eigenvalue weighted by Gasteiger charge is -2.19. The van der Waals surface area contributed by atoms with Crippen molar-refractivity contribution in [2.24, 2.45) is 13.0 Å². The van der Waals surface area contributed by atoms with Gasteiger partial charge in [-0.2, -0.15) is 0 Å². The van der Waals surface area contributed by atoms with Crippen LogP contribution in [-0.2, 0) is 7.05 Å². The predicted octanol–water partition coefficient (Wildman–Crippen LogP) is 2.66. The zero-order chi connectivity index (χ0) is 15.5. The molecule has 1 aromatic heterocycles. The summed E-state index contributed by atoms with van der Waals surface area (Å²) in [6.45, 7) is 0. The second kappa shape index (κ2) is 6.05. The quantitative estimate of drug-likeness (QED) is 0.911. The van der Waals surface area contributed by atoms with Crippen LogP contribution in [0.2, 0.25) is 0 Å². The van der Waals surface area contributed by atoms with Crippen LogP contribution in [0.1, 0.15) is 24.4 Å². The van der Waals surface area contributed by atoms with Gasteiger partial charge in [0.05, 0.1) is 11.7 Å². The number of nitrogens with zero attached hydrogens (tertiary/aromatic N) is 1. The summed E-state index contributed by atoms with van der Waals surface area (Å²) < 4.78 is 1.44. The van der Waals surface area contributed by atoms with E-state index in [-0.39, 0.29) is 17.6 Å². The second-order valence-electron chi connectivity index (χ2n) is 5.69. The normalized spacial score (nSPS) is 15.1. The summed E-state index contributed by atoms with van der Waals surface area (Å²) in [5.74, 6) is 0.508. The molecule has 2 aromatic rings. The van der Waals surface area contributed by atoms with Gasteiger partial charge in [0.1, 0.15) is 0 Å². The number of aryl methyl sites for hydroxylation is 1. The molecule has 1 fully saturated rings. The molecule has 1 heterocycles. The summed E-state index contributed by atoms with van der Waals surface area (Å²) in [6, 6.07) is 12.8. The molecule has 2 N–H and O–H groups in total. The van der Waals surface area contributed by atoms with E-state index in [9.17, 15) is 9.59 Å². The Bertz CT molecular complexity index is 720. The molecule has 22 heavy (non-hydrogen) atoms. The number of hydrogen-bond acceptors (Lipinski definition) is 2. The summed E-state index contributed by atoms with van der Waals surface area (Å²) in [7, 11) is 1.66. The number of nitrogens with one attached hydrogen (secondary N) is 2. The number of rotatable bonds is 4. The molecule has 1 saturated carbocycles. The van der Waals surface area contributed by atoms with Crippen molar-refractivity contribution in [2.45, 2.75) is 18.9 Å². The van der Waals surface area contributed by atoms with Gasteiger partial charge in [-0.1, -0.05) is 30.3 Å². The number of benzene rings is 1. The summed E-state index contributed by atoms with van der Waals surface area (Å²) in [4.78, 5) is 23.6. The smallest absolute Gasteiger partial charge is 0.319 e. The van der Waals surface area contributed by atoms with Crippen LogP contribution in [0.3, 0.4) is 0 Å². The Hall–Kier alpha value is -2.56. The van der Waals surface area contributed by atoms with Crippen LogP contribution >= 0.6 is 0 Å². The fraction of sp³-hybridized carbons (Fsp3) is 0.294. The molecule has 1 atom stereocenters. The Morgan fingerprint density at radius 1 is 1.18 bits per heavy atom. The van der Waals surface area contributed by atoms with Gasteiger partial charge in [-0.05, 0) is 30.4 Å². The third-order valence-electron chi connectivity index (χ3n) is 3.88.